The van der Waals surface area contributed by atoms with E-state index in [1.165, 1.54) is 6.08 Å². The van der Waals surface area contributed by atoms with Crippen LogP contribution in [0.5, 0.6) is 0 Å². The molecule has 0 saturated heterocycles. The number of rotatable bonds is 2. The van der Waals surface area contributed by atoms with Crippen molar-refractivity contribution in [3.05, 3.63) is 47.8 Å². The van der Waals surface area contributed by atoms with Gasteiger partial charge in [0.25, 0.3) is 0 Å². The fourth-order valence-electron chi connectivity index (χ4n) is 0.850. The smallest absolute Gasteiger partial charge is 0.877 e. The van der Waals surface area contributed by atoms with Crippen molar-refractivity contribution < 1.29 is 39.5 Å². The number of hydrogen-bond donors (Lipinski definition) is 0. The summed E-state index contributed by atoms with van der Waals surface area (Å²) in [6.07, 6.45) is 9.68. The van der Waals surface area contributed by atoms with E-state index in [4.69, 9.17) is 0 Å². The van der Waals surface area contributed by atoms with Gasteiger partial charge in [0.1, 0.15) is 6.29 Å². The minimum absolute atomic E-state index is 0. The Hall–Kier alpha value is -0.570. The van der Waals surface area contributed by atoms with Gasteiger partial charge in [0.05, 0.1) is 0 Å². The third-order valence-electron chi connectivity index (χ3n) is 1.37. The molecule has 0 amide bonds. The van der Waals surface area contributed by atoms with Crippen molar-refractivity contribution in [1.82, 2.24) is 0 Å². The largest absolute Gasteiger partial charge is 1.00 e. The van der Waals surface area contributed by atoms with Crippen molar-refractivity contribution >= 4 is 6.29 Å². The second kappa shape index (κ2) is 6.00. The van der Waals surface area contributed by atoms with Gasteiger partial charge < -0.3 is 5.11 Å². The van der Waals surface area contributed by atoms with Gasteiger partial charge in [-0.2, -0.15) is 0 Å². The molecule has 0 N–H and O–H groups in total. The summed E-state index contributed by atoms with van der Waals surface area (Å²) in [6, 6.07) is 0. The van der Waals surface area contributed by atoms with Gasteiger partial charge in [0.2, 0.25) is 0 Å². The summed E-state index contributed by atoms with van der Waals surface area (Å²) in [6.45, 7) is 0. The number of carbonyl (C=O) groups is 1. The average molecular weight is 170 g/mol. The summed E-state index contributed by atoms with van der Waals surface area (Å²) in [5.41, 5.74) is 1.40. The van der Waals surface area contributed by atoms with E-state index in [-0.39, 0.29) is 29.6 Å². The molecule has 1 rings (SSSR count). The van der Waals surface area contributed by atoms with Gasteiger partial charge in [0, 0.05) is 0 Å². The van der Waals surface area contributed by atoms with Gasteiger partial charge in [-0.25, -0.2) is 0 Å². The molecule has 1 aliphatic carbocycles. The Balaban J connectivity index is 0.00000121. The van der Waals surface area contributed by atoms with Crippen LogP contribution in [0.25, 0.3) is 0 Å². The predicted molar refractivity (Wildman–Crippen MR) is 40.5 cm³/mol. The first-order valence-corrected chi connectivity index (χ1v) is 3.21. The van der Waals surface area contributed by atoms with Crippen molar-refractivity contribution in [3.63, 3.8) is 0 Å². The predicted octanol–water partition coefficient (Wildman–Crippen LogP) is -2.51. The van der Waals surface area contributed by atoms with Crippen LogP contribution in [0.3, 0.4) is 0 Å². The molecule has 56 valence electrons. The minimum Gasteiger partial charge on any atom is -0.877 e. The van der Waals surface area contributed by atoms with Gasteiger partial charge in [-0.1, -0.05) is 24.3 Å². The maximum atomic E-state index is 10.3. The number of aldehydes is 1. The van der Waals surface area contributed by atoms with Crippen LogP contribution in [0.2, 0.25) is 0 Å². The molecule has 0 unspecified atom stereocenters. The summed E-state index contributed by atoms with van der Waals surface area (Å²) >= 11 is 0. The van der Waals surface area contributed by atoms with Crippen LogP contribution in [0.15, 0.2) is 47.8 Å². The third kappa shape index (κ3) is 2.81. The second-order valence-electron chi connectivity index (χ2n) is 2.05. The molecule has 0 atom stereocenters. The zero-order valence-electron chi connectivity index (χ0n) is 6.86. The SMILES string of the molecule is O=C/C=C/C1=CC=C/C1=C/[O-].[Na+]. The molecule has 1 aliphatic rings. The first-order valence-electron chi connectivity index (χ1n) is 3.21. The van der Waals surface area contributed by atoms with E-state index < -0.39 is 0 Å². The zero-order valence-corrected chi connectivity index (χ0v) is 8.86. The Kier molecular flexibility index (Phi) is 5.72. The average Bonchev–Trinajstić information content (AvgIpc) is 2.47. The Labute approximate surface area is 93.3 Å². The number of allylic oxidation sites excluding steroid dienone is 7. The molecule has 0 aromatic heterocycles. The van der Waals surface area contributed by atoms with Crippen LogP contribution in [-0.4, -0.2) is 6.29 Å². The van der Waals surface area contributed by atoms with Crippen molar-refractivity contribution in [1.29, 1.82) is 0 Å². The second-order valence-corrected chi connectivity index (χ2v) is 2.05. The van der Waals surface area contributed by atoms with Crippen LogP contribution >= 0.6 is 0 Å². The van der Waals surface area contributed by atoms with Crippen LogP contribution in [0, 0.1) is 0 Å². The van der Waals surface area contributed by atoms with Crippen molar-refractivity contribution in [2.75, 3.05) is 0 Å². The topological polar surface area (TPSA) is 40.1 Å². The van der Waals surface area contributed by atoms with E-state index in [0.29, 0.717) is 11.9 Å². The molecule has 0 saturated carbocycles. The number of carbonyl (C=O) groups excluding carboxylic acids is 1. The third-order valence-corrected chi connectivity index (χ3v) is 1.37. The molecule has 12 heavy (non-hydrogen) atoms. The molecule has 0 spiro atoms. The normalized spacial score (nSPS) is 18.0. The quantitative estimate of drug-likeness (QED) is 0.199. The molecular weight excluding hydrogens is 163 g/mol. The van der Waals surface area contributed by atoms with Gasteiger partial charge in [0.15, 0.2) is 0 Å². The molecule has 0 radical (unpaired) electrons. The fourth-order valence-corrected chi connectivity index (χ4v) is 0.850. The molecular formula is C9H7NaO2. The molecule has 3 heteroatoms. The molecule has 0 aromatic carbocycles. The first-order chi connectivity index (χ1) is 5.38. The van der Waals surface area contributed by atoms with Crippen LogP contribution < -0.4 is 34.7 Å². The van der Waals surface area contributed by atoms with Crippen molar-refractivity contribution in [3.8, 4) is 0 Å². The Morgan fingerprint density at radius 1 is 1.42 bits per heavy atom. The molecule has 0 fully saturated rings. The maximum Gasteiger partial charge on any atom is 1.00 e. The van der Waals surface area contributed by atoms with Gasteiger partial charge in [-0.3, -0.25) is 4.79 Å². The number of hydrogen-bond acceptors (Lipinski definition) is 2. The van der Waals surface area contributed by atoms with E-state index in [1.54, 1.807) is 24.3 Å². The van der Waals surface area contributed by atoms with E-state index in [0.717, 1.165) is 11.8 Å². The van der Waals surface area contributed by atoms with Crippen LogP contribution in [0.4, 0.5) is 0 Å². The van der Waals surface area contributed by atoms with Gasteiger partial charge >= 0.3 is 29.6 Å². The van der Waals surface area contributed by atoms with Gasteiger partial charge in [-0.05, 0) is 17.2 Å². The summed E-state index contributed by atoms with van der Waals surface area (Å²) in [4.78, 5) is 9.92. The van der Waals surface area contributed by atoms with E-state index in [2.05, 4.69) is 0 Å². The minimum atomic E-state index is 0. The van der Waals surface area contributed by atoms with E-state index in [9.17, 15) is 9.90 Å². The molecule has 0 heterocycles. The van der Waals surface area contributed by atoms with Crippen molar-refractivity contribution in [2.45, 2.75) is 0 Å². The van der Waals surface area contributed by atoms with E-state index in [1.807, 2.05) is 0 Å². The summed E-state index contributed by atoms with van der Waals surface area (Å²) in [5, 5.41) is 10.3. The first kappa shape index (κ1) is 11.4. The zero-order chi connectivity index (χ0) is 8.10. The van der Waals surface area contributed by atoms with Gasteiger partial charge in [-0.15, -0.1) is 6.26 Å². The van der Waals surface area contributed by atoms with Crippen LogP contribution in [0.1, 0.15) is 0 Å². The maximum absolute atomic E-state index is 10.3. The Bertz CT molecular complexity index is 272. The van der Waals surface area contributed by atoms with Crippen molar-refractivity contribution in [2.24, 2.45) is 0 Å². The summed E-state index contributed by atoms with van der Waals surface area (Å²) in [5.74, 6) is 0. The molecule has 0 aromatic rings. The summed E-state index contributed by atoms with van der Waals surface area (Å²) in [7, 11) is 0. The Morgan fingerprint density at radius 2 is 2.17 bits per heavy atom. The summed E-state index contributed by atoms with van der Waals surface area (Å²) < 4.78 is 0. The monoisotopic (exact) mass is 170 g/mol. The molecule has 0 bridgehead atoms. The Morgan fingerprint density at radius 3 is 2.75 bits per heavy atom. The molecule has 0 aliphatic heterocycles. The van der Waals surface area contributed by atoms with E-state index >= 15 is 0 Å². The van der Waals surface area contributed by atoms with Crippen LogP contribution in [-0.2, 0) is 4.79 Å². The molecule has 2 nitrogen and oxygen atoms in total. The fraction of sp³-hybridized carbons (Fsp3) is 0. The standard InChI is InChI=1S/C9H8O2.Na/c10-6-2-5-8-3-1-4-9(8)7-11;/h1-7,11H;/q;+1/p-1/b5-2+,9-7-;.